The monoisotopic (exact) mass is 473 g/mol. The number of fused-ring (bicyclic) bond motifs is 1. The molecule has 34 heavy (non-hydrogen) atoms. The number of morpholine rings is 1. The molecule has 2 aromatic carbocycles. The molecule has 3 aromatic rings. The SMILES string of the molecule is Cc1ccc(C(=O)NCC(F)(F)F)cc1-c1ccc2nc(NCCN3CCOCC3)ncc2c1. The highest BCUT2D eigenvalue weighted by atomic mass is 19.4. The van der Waals surface area contributed by atoms with Gasteiger partial charge in [0.05, 0.1) is 18.7 Å². The Morgan fingerprint density at radius 3 is 2.71 bits per heavy atom. The van der Waals surface area contributed by atoms with Gasteiger partial charge in [0.2, 0.25) is 5.95 Å². The van der Waals surface area contributed by atoms with Gasteiger partial charge in [-0.3, -0.25) is 9.69 Å². The van der Waals surface area contributed by atoms with Crippen molar-refractivity contribution in [3.8, 4) is 11.1 Å². The van der Waals surface area contributed by atoms with Crippen molar-refractivity contribution in [2.75, 3.05) is 51.3 Å². The predicted octanol–water partition coefficient (Wildman–Crippen LogP) is 3.64. The molecule has 2 heterocycles. The summed E-state index contributed by atoms with van der Waals surface area (Å²) in [5.74, 6) is -0.219. The maximum absolute atomic E-state index is 12.4. The Kier molecular flexibility index (Phi) is 7.28. The Balaban J connectivity index is 1.46. The van der Waals surface area contributed by atoms with Gasteiger partial charge in [0.15, 0.2) is 0 Å². The fraction of sp³-hybridized carbons (Fsp3) is 0.375. The Hall–Kier alpha value is -3.24. The second-order valence-corrected chi connectivity index (χ2v) is 8.18. The standard InChI is InChI=1S/C24H26F3N5O2/c1-16-2-3-18(22(33)30-15-24(25,26)27)13-20(16)17-4-5-21-19(12-17)14-29-23(31-21)28-6-7-32-8-10-34-11-9-32/h2-5,12-14H,6-11,15H2,1H3,(H,30,33)(H,28,29,31). The minimum atomic E-state index is -4.46. The molecule has 2 N–H and O–H groups in total. The Morgan fingerprint density at radius 2 is 1.94 bits per heavy atom. The van der Waals surface area contributed by atoms with Gasteiger partial charge >= 0.3 is 6.18 Å². The molecule has 0 saturated carbocycles. The highest BCUT2D eigenvalue weighted by molar-refractivity contribution is 5.96. The number of hydrogen-bond donors (Lipinski definition) is 2. The number of hydrogen-bond acceptors (Lipinski definition) is 6. The molecular formula is C24H26F3N5O2. The number of nitrogens with one attached hydrogen (secondary N) is 2. The van der Waals surface area contributed by atoms with Crippen LogP contribution >= 0.6 is 0 Å². The largest absolute Gasteiger partial charge is 0.405 e. The molecular weight excluding hydrogens is 447 g/mol. The fourth-order valence-corrected chi connectivity index (χ4v) is 3.79. The van der Waals surface area contributed by atoms with Gasteiger partial charge in [-0.25, -0.2) is 9.97 Å². The molecule has 0 spiro atoms. The predicted molar refractivity (Wildman–Crippen MR) is 124 cm³/mol. The number of ether oxygens (including phenoxy) is 1. The summed E-state index contributed by atoms with van der Waals surface area (Å²) in [5.41, 5.74) is 3.42. The molecule has 1 fully saturated rings. The molecule has 0 aliphatic carbocycles. The van der Waals surface area contributed by atoms with E-state index in [0.717, 1.165) is 67.0 Å². The second-order valence-electron chi connectivity index (χ2n) is 8.18. The summed E-state index contributed by atoms with van der Waals surface area (Å²) in [6.45, 7) is 5.49. The molecule has 1 aliphatic rings. The summed E-state index contributed by atoms with van der Waals surface area (Å²) in [4.78, 5) is 23.5. The molecule has 180 valence electrons. The smallest absolute Gasteiger partial charge is 0.379 e. The van der Waals surface area contributed by atoms with Crippen LogP contribution in [-0.4, -0.2) is 72.9 Å². The summed E-state index contributed by atoms with van der Waals surface area (Å²) in [7, 11) is 0. The third kappa shape index (κ3) is 6.21. The molecule has 0 atom stereocenters. The number of carbonyl (C=O) groups is 1. The van der Waals surface area contributed by atoms with Gasteiger partial charge in [-0.15, -0.1) is 0 Å². The average molecular weight is 473 g/mol. The van der Waals surface area contributed by atoms with Crippen molar-refractivity contribution in [1.82, 2.24) is 20.2 Å². The van der Waals surface area contributed by atoms with Crippen molar-refractivity contribution in [1.29, 1.82) is 0 Å². The number of anilines is 1. The minimum absolute atomic E-state index is 0.168. The molecule has 0 radical (unpaired) electrons. The van der Waals surface area contributed by atoms with E-state index in [9.17, 15) is 18.0 Å². The number of rotatable bonds is 7. The minimum Gasteiger partial charge on any atom is -0.379 e. The number of nitrogens with zero attached hydrogens (tertiary/aromatic N) is 3. The van der Waals surface area contributed by atoms with E-state index in [1.54, 1.807) is 18.3 Å². The van der Waals surface area contributed by atoms with E-state index in [2.05, 4.69) is 20.2 Å². The van der Waals surface area contributed by atoms with Crippen LogP contribution in [0.5, 0.6) is 0 Å². The molecule has 0 unspecified atom stereocenters. The van der Waals surface area contributed by atoms with Crippen LogP contribution in [0.4, 0.5) is 19.1 Å². The highest BCUT2D eigenvalue weighted by Gasteiger charge is 2.28. The molecule has 1 aromatic heterocycles. The van der Waals surface area contributed by atoms with Crippen LogP contribution < -0.4 is 10.6 Å². The Labute approximate surface area is 195 Å². The molecule has 7 nitrogen and oxygen atoms in total. The zero-order chi connectivity index (χ0) is 24.1. The number of halogens is 3. The van der Waals surface area contributed by atoms with Gasteiger partial charge in [-0.1, -0.05) is 12.1 Å². The molecule has 4 rings (SSSR count). The van der Waals surface area contributed by atoms with Crippen LogP contribution in [0.3, 0.4) is 0 Å². The number of aromatic nitrogens is 2. The summed E-state index contributed by atoms with van der Waals surface area (Å²) in [5, 5.41) is 5.98. The summed E-state index contributed by atoms with van der Waals surface area (Å²) >= 11 is 0. The maximum Gasteiger partial charge on any atom is 0.405 e. The Bertz CT molecular complexity index is 1160. The van der Waals surface area contributed by atoms with Crippen LogP contribution in [0.1, 0.15) is 15.9 Å². The van der Waals surface area contributed by atoms with Crippen LogP contribution in [0.2, 0.25) is 0 Å². The first-order valence-corrected chi connectivity index (χ1v) is 11.1. The van der Waals surface area contributed by atoms with Crippen molar-refractivity contribution < 1.29 is 22.7 Å². The number of aryl methyl sites for hydroxylation is 1. The number of alkyl halides is 3. The van der Waals surface area contributed by atoms with E-state index in [4.69, 9.17) is 4.74 Å². The number of amides is 1. The van der Waals surface area contributed by atoms with Gasteiger partial charge in [0.1, 0.15) is 6.54 Å². The lowest BCUT2D eigenvalue weighted by atomic mass is 9.97. The van der Waals surface area contributed by atoms with Crippen molar-refractivity contribution >= 4 is 22.8 Å². The number of benzene rings is 2. The van der Waals surface area contributed by atoms with Crippen LogP contribution in [0.15, 0.2) is 42.6 Å². The third-order valence-electron chi connectivity index (χ3n) is 5.65. The lowest BCUT2D eigenvalue weighted by Crippen LogP contribution is -2.39. The van der Waals surface area contributed by atoms with E-state index >= 15 is 0 Å². The lowest BCUT2D eigenvalue weighted by molar-refractivity contribution is -0.123. The van der Waals surface area contributed by atoms with E-state index in [1.807, 2.05) is 30.4 Å². The highest BCUT2D eigenvalue weighted by Crippen LogP contribution is 2.28. The van der Waals surface area contributed by atoms with Crippen molar-refractivity contribution in [3.63, 3.8) is 0 Å². The summed E-state index contributed by atoms with van der Waals surface area (Å²) in [6.07, 6.45) is -2.73. The lowest BCUT2D eigenvalue weighted by Gasteiger charge is -2.26. The molecule has 1 amide bonds. The van der Waals surface area contributed by atoms with Crippen LogP contribution in [0.25, 0.3) is 22.0 Å². The first-order chi connectivity index (χ1) is 16.3. The van der Waals surface area contributed by atoms with Gasteiger partial charge in [-0.2, -0.15) is 13.2 Å². The maximum atomic E-state index is 12.4. The Morgan fingerprint density at radius 1 is 1.15 bits per heavy atom. The third-order valence-corrected chi connectivity index (χ3v) is 5.65. The van der Waals surface area contributed by atoms with E-state index in [0.29, 0.717) is 5.95 Å². The molecule has 10 heteroatoms. The fourth-order valence-electron chi connectivity index (χ4n) is 3.79. The van der Waals surface area contributed by atoms with Crippen LogP contribution in [-0.2, 0) is 4.74 Å². The van der Waals surface area contributed by atoms with Gasteiger partial charge in [-0.05, 0) is 47.9 Å². The quantitative estimate of drug-likeness (QED) is 0.546. The molecule has 1 aliphatic heterocycles. The topological polar surface area (TPSA) is 79.4 Å². The van der Waals surface area contributed by atoms with Crippen molar-refractivity contribution in [3.05, 3.63) is 53.7 Å². The van der Waals surface area contributed by atoms with Crippen molar-refractivity contribution in [2.24, 2.45) is 0 Å². The molecule has 1 saturated heterocycles. The van der Waals surface area contributed by atoms with Gasteiger partial charge < -0.3 is 15.4 Å². The molecule has 0 bridgehead atoms. The zero-order valence-corrected chi connectivity index (χ0v) is 18.8. The number of carbonyl (C=O) groups excluding carboxylic acids is 1. The second kappa shape index (κ2) is 10.4. The normalized spacial score (nSPS) is 14.8. The zero-order valence-electron chi connectivity index (χ0n) is 18.8. The van der Waals surface area contributed by atoms with E-state index < -0.39 is 18.6 Å². The van der Waals surface area contributed by atoms with Gasteiger partial charge in [0.25, 0.3) is 5.91 Å². The van der Waals surface area contributed by atoms with Crippen molar-refractivity contribution in [2.45, 2.75) is 13.1 Å². The van der Waals surface area contributed by atoms with Gasteiger partial charge in [0, 0.05) is 43.3 Å². The average Bonchev–Trinajstić information content (AvgIpc) is 2.83. The van der Waals surface area contributed by atoms with E-state index in [1.165, 1.54) is 6.07 Å². The first kappa shape index (κ1) is 23.9. The van der Waals surface area contributed by atoms with Crippen LogP contribution in [0, 0.1) is 6.92 Å². The summed E-state index contributed by atoms with van der Waals surface area (Å²) in [6, 6.07) is 10.5. The first-order valence-electron chi connectivity index (χ1n) is 11.1. The van der Waals surface area contributed by atoms with E-state index in [-0.39, 0.29) is 5.56 Å². The summed E-state index contributed by atoms with van der Waals surface area (Å²) < 4.78 is 42.7.